The summed E-state index contributed by atoms with van der Waals surface area (Å²) in [4.78, 5) is 11.4. The summed E-state index contributed by atoms with van der Waals surface area (Å²) >= 11 is 0. The minimum Gasteiger partial charge on any atom is -0.478 e. The van der Waals surface area contributed by atoms with Crippen LogP contribution in [0.25, 0.3) is 5.57 Å². The van der Waals surface area contributed by atoms with Gasteiger partial charge in [-0.25, -0.2) is 4.79 Å². The zero-order valence-corrected chi connectivity index (χ0v) is 19.4. The van der Waals surface area contributed by atoms with E-state index in [9.17, 15) is 9.90 Å². The number of rotatable bonds is 4. The van der Waals surface area contributed by atoms with Crippen LogP contribution in [-0.4, -0.2) is 11.1 Å². The molecule has 3 N–H and O–H groups in total. The third-order valence-corrected chi connectivity index (χ3v) is 6.40. The van der Waals surface area contributed by atoms with Crippen LogP contribution < -0.4 is 5.73 Å². The number of hydrogen-bond donors (Lipinski definition) is 2. The molecule has 0 atom stereocenters. The summed E-state index contributed by atoms with van der Waals surface area (Å²) < 4.78 is 0. The average molecular weight is 436 g/mol. The minimum absolute atomic E-state index is 0.0545. The van der Waals surface area contributed by atoms with Crippen LogP contribution in [0.3, 0.4) is 0 Å². The lowest BCUT2D eigenvalue weighted by Crippen LogP contribution is -2.22. The Morgan fingerprint density at radius 3 is 2.45 bits per heavy atom. The van der Waals surface area contributed by atoms with Gasteiger partial charge in [0.15, 0.2) is 0 Å². The van der Waals surface area contributed by atoms with Crippen molar-refractivity contribution < 1.29 is 9.90 Å². The van der Waals surface area contributed by atoms with Crippen LogP contribution in [0.5, 0.6) is 0 Å². The monoisotopic (exact) mass is 435 g/mol. The Bertz CT molecular complexity index is 1320. The van der Waals surface area contributed by atoms with Gasteiger partial charge in [0.2, 0.25) is 0 Å². The predicted octanol–water partition coefficient (Wildman–Crippen LogP) is 5.92. The molecule has 0 aliphatic heterocycles. The van der Waals surface area contributed by atoms with Gasteiger partial charge in [0.25, 0.3) is 0 Å². The topological polar surface area (TPSA) is 63.3 Å². The molecule has 0 saturated carbocycles. The van der Waals surface area contributed by atoms with Gasteiger partial charge in [0.1, 0.15) is 0 Å². The second-order valence-corrected chi connectivity index (χ2v) is 9.15. The smallest absolute Gasteiger partial charge is 0.335 e. The fourth-order valence-electron chi connectivity index (χ4n) is 4.47. The highest BCUT2D eigenvalue weighted by Gasteiger charge is 2.28. The van der Waals surface area contributed by atoms with E-state index < -0.39 is 5.97 Å². The molecular weight excluding hydrogens is 406 g/mol. The van der Waals surface area contributed by atoms with Crippen molar-refractivity contribution in [2.45, 2.75) is 45.6 Å². The molecular formula is C30H29NO2. The van der Waals surface area contributed by atoms with E-state index in [1.807, 2.05) is 13.0 Å². The van der Waals surface area contributed by atoms with Crippen LogP contribution in [0.1, 0.15) is 76.5 Å². The van der Waals surface area contributed by atoms with Crippen molar-refractivity contribution >= 4 is 11.5 Å². The maximum Gasteiger partial charge on any atom is 0.335 e. The first-order valence-corrected chi connectivity index (χ1v) is 11.3. The second-order valence-electron chi connectivity index (χ2n) is 9.15. The van der Waals surface area contributed by atoms with Crippen LogP contribution >= 0.6 is 0 Å². The Kier molecular flexibility index (Phi) is 6.22. The molecule has 0 saturated heterocycles. The van der Waals surface area contributed by atoms with Gasteiger partial charge < -0.3 is 10.8 Å². The van der Waals surface area contributed by atoms with Gasteiger partial charge in [-0.3, -0.25) is 0 Å². The van der Waals surface area contributed by atoms with Crippen molar-refractivity contribution in [3.05, 3.63) is 111 Å². The van der Waals surface area contributed by atoms with Gasteiger partial charge in [-0.15, -0.1) is 0 Å². The molecule has 166 valence electrons. The van der Waals surface area contributed by atoms with E-state index in [1.54, 1.807) is 12.1 Å². The van der Waals surface area contributed by atoms with E-state index in [-0.39, 0.29) is 5.41 Å². The number of carbonyl (C=O) groups is 1. The van der Waals surface area contributed by atoms with Gasteiger partial charge in [-0.2, -0.15) is 0 Å². The average Bonchev–Trinajstić information content (AvgIpc) is 2.82. The van der Waals surface area contributed by atoms with Crippen LogP contribution in [0.4, 0.5) is 0 Å². The highest BCUT2D eigenvalue weighted by atomic mass is 16.4. The van der Waals surface area contributed by atoms with Gasteiger partial charge in [-0.05, 0) is 88.0 Å². The standard InChI is InChI=1S/C30H29NO2/c1-4-23-16-20(10-12-26(23)29(32)33)8-9-21-11-13-28-27(18-21)25(14-15-30(28,2)3)24-7-5-6-22(17-24)19-31/h5-7,10-14,16-18H,4,15,19,31H2,1-3H3,(H,32,33). The molecule has 3 aromatic rings. The molecule has 0 spiro atoms. The molecule has 0 aromatic heterocycles. The number of aromatic carboxylic acids is 1. The molecule has 0 fully saturated rings. The molecule has 0 unspecified atom stereocenters. The van der Waals surface area contributed by atoms with Crippen molar-refractivity contribution in [1.29, 1.82) is 0 Å². The zero-order valence-electron chi connectivity index (χ0n) is 19.4. The molecule has 3 heteroatoms. The summed E-state index contributed by atoms with van der Waals surface area (Å²) in [5, 5.41) is 9.35. The lowest BCUT2D eigenvalue weighted by atomic mass is 9.72. The molecule has 0 radical (unpaired) electrons. The van der Waals surface area contributed by atoms with Gasteiger partial charge in [-0.1, -0.05) is 63.0 Å². The molecule has 3 aromatic carbocycles. The van der Waals surface area contributed by atoms with Crippen molar-refractivity contribution in [2.24, 2.45) is 5.73 Å². The van der Waals surface area contributed by atoms with E-state index in [0.29, 0.717) is 18.5 Å². The van der Waals surface area contributed by atoms with E-state index in [0.717, 1.165) is 28.7 Å². The number of benzene rings is 3. The molecule has 3 nitrogen and oxygen atoms in total. The third-order valence-electron chi connectivity index (χ3n) is 6.40. The molecule has 4 rings (SSSR count). The van der Waals surface area contributed by atoms with Gasteiger partial charge in [0.05, 0.1) is 5.56 Å². The molecule has 0 bridgehead atoms. The Hall–Kier alpha value is -3.61. The molecule has 1 aliphatic rings. The summed E-state index contributed by atoms with van der Waals surface area (Å²) in [6, 6.07) is 20.2. The quantitative estimate of drug-likeness (QED) is 0.500. The Balaban J connectivity index is 1.75. The fourth-order valence-corrected chi connectivity index (χ4v) is 4.47. The summed E-state index contributed by atoms with van der Waals surface area (Å²) in [5.41, 5.74) is 14.9. The summed E-state index contributed by atoms with van der Waals surface area (Å²) in [7, 11) is 0. The SMILES string of the molecule is CCc1cc(C#Cc2ccc3c(c2)C(c2cccc(CN)c2)=CCC3(C)C)ccc1C(=O)O. The van der Waals surface area contributed by atoms with Crippen molar-refractivity contribution in [3.63, 3.8) is 0 Å². The third kappa shape index (κ3) is 4.62. The number of nitrogens with two attached hydrogens (primary N) is 1. The number of aryl methyl sites for hydroxylation is 1. The number of allylic oxidation sites excluding steroid dienone is 1. The highest BCUT2D eigenvalue weighted by Crippen LogP contribution is 2.41. The van der Waals surface area contributed by atoms with E-state index >= 15 is 0 Å². The van der Waals surface area contributed by atoms with Crippen LogP contribution in [0.2, 0.25) is 0 Å². The number of carboxylic acid groups (broad SMARTS) is 1. The van der Waals surface area contributed by atoms with Gasteiger partial charge >= 0.3 is 5.97 Å². The normalized spacial score (nSPS) is 14.0. The predicted molar refractivity (Wildman–Crippen MR) is 134 cm³/mol. The van der Waals surface area contributed by atoms with Crippen LogP contribution in [-0.2, 0) is 18.4 Å². The largest absolute Gasteiger partial charge is 0.478 e. The molecule has 1 aliphatic carbocycles. The Morgan fingerprint density at radius 1 is 1.03 bits per heavy atom. The number of carboxylic acids is 1. The maximum atomic E-state index is 11.4. The van der Waals surface area contributed by atoms with Crippen molar-refractivity contribution in [2.75, 3.05) is 0 Å². The first-order chi connectivity index (χ1) is 15.8. The van der Waals surface area contributed by atoms with E-state index in [2.05, 4.69) is 74.2 Å². The van der Waals surface area contributed by atoms with Crippen molar-refractivity contribution in [1.82, 2.24) is 0 Å². The Labute approximate surface area is 196 Å². The van der Waals surface area contributed by atoms with Crippen molar-refractivity contribution in [3.8, 4) is 11.8 Å². The van der Waals surface area contributed by atoms with Crippen LogP contribution in [0.15, 0.2) is 66.7 Å². The summed E-state index contributed by atoms with van der Waals surface area (Å²) in [6.07, 6.45) is 3.96. The van der Waals surface area contributed by atoms with Crippen LogP contribution in [0, 0.1) is 11.8 Å². The lowest BCUT2D eigenvalue weighted by Gasteiger charge is -2.32. The molecule has 0 amide bonds. The maximum absolute atomic E-state index is 11.4. The summed E-state index contributed by atoms with van der Waals surface area (Å²) in [5.74, 6) is 5.61. The highest BCUT2D eigenvalue weighted by molar-refractivity contribution is 5.89. The zero-order chi connectivity index (χ0) is 23.6. The van der Waals surface area contributed by atoms with E-state index in [1.165, 1.54) is 22.3 Å². The lowest BCUT2D eigenvalue weighted by molar-refractivity contribution is 0.0695. The Morgan fingerprint density at radius 2 is 1.76 bits per heavy atom. The first-order valence-electron chi connectivity index (χ1n) is 11.3. The first kappa shape index (κ1) is 22.6. The number of hydrogen-bond acceptors (Lipinski definition) is 2. The molecule has 33 heavy (non-hydrogen) atoms. The number of fused-ring (bicyclic) bond motifs is 1. The van der Waals surface area contributed by atoms with Gasteiger partial charge in [0, 0.05) is 17.7 Å². The minimum atomic E-state index is -0.901. The summed E-state index contributed by atoms with van der Waals surface area (Å²) in [6.45, 7) is 7.03. The fraction of sp³-hybridized carbons (Fsp3) is 0.233. The second kappa shape index (κ2) is 9.10. The molecule has 0 heterocycles. The van der Waals surface area contributed by atoms with E-state index in [4.69, 9.17) is 5.73 Å².